The van der Waals surface area contributed by atoms with Crippen LogP contribution < -0.4 is 5.32 Å². The van der Waals surface area contributed by atoms with Crippen LogP contribution in [0, 0.1) is 6.92 Å². The van der Waals surface area contributed by atoms with Gasteiger partial charge in [-0.25, -0.2) is 4.98 Å². The van der Waals surface area contributed by atoms with E-state index in [-0.39, 0.29) is 18.4 Å². The molecule has 0 aliphatic carbocycles. The van der Waals surface area contributed by atoms with Crippen molar-refractivity contribution in [3.05, 3.63) is 54.1 Å². The maximum Gasteiger partial charge on any atom is 0.251 e. The molecule has 0 saturated carbocycles. The van der Waals surface area contributed by atoms with Crippen molar-refractivity contribution in [2.75, 3.05) is 32.9 Å². The molecule has 0 radical (unpaired) electrons. The van der Waals surface area contributed by atoms with Crippen molar-refractivity contribution in [2.45, 2.75) is 50.8 Å². The van der Waals surface area contributed by atoms with Crippen LogP contribution in [0.2, 0.25) is 0 Å². The number of amides is 2. The van der Waals surface area contributed by atoms with Gasteiger partial charge in [0.25, 0.3) is 5.91 Å². The van der Waals surface area contributed by atoms with Crippen LogP contribution >= 0.6 is 0 Å². The van der Waals surface area contributed by atoms with Crippen molar-refractivity contribution < 1.29 is 19.1 Å². The highest BCUT2D eigenvalue weighted by molar-refractivity contribution is 5.83. The number of benzene rings is 1. The maximum atomic E-state index is 13.2. The first-order chi connectivity index (χ1) is 15.6. The van der Waals surface area contributed by atoms with Gasteiger partial charge in [-0.15, -0.1) is 0 Å². The molecular weight excluding hydrogens is 408 g/mol. The standard InChI is InChI=1S/C24H32N4O4/c1-19-25-11-13-27(19)12-5-8-22(29)28-14-17-32-21(18-28)23(30)26-24(9-15-31-16-10-24)20-6-3-2-4-7-20/h2-4,6-7,11,13,21H,5,8-10,12,14-18H2,1H3,(H,26,30). The van der Waals surface area contributed by atoms with Gasteiger partial charge >= 0.3 is 0 Å². The zero-order chi connectivity index (χ0) is 22.4. The number of carbonyl (C=O) groups excluding carboxylic acids is 2. The summed E-state index contributed by atoms with van der Waals surface area (Å²) in [7, 11) is 0. The lowest BCUT2D eigenvalue weighted by atomic mass is 9.82. The smallest absolute Gasteiger partial charge is 0.251 e. The summed E-state index contributed by atoms with van der Waals surface area (Å²) in [6.45, 7) is 5.08. The first kappa shape index (κ1) is 22.5. The minimum atomic E-state index is -0.660. The molecular formula is C24H32N4O4. The Morgan fingerprint density at radius 1 is 1.19 bits per heavy atom. The molecule has 1 N–H and O–H groups in total. The summed E-state index contributed by atoms with van der Waals surface area (Å²) in [5.74, 6) is 0.844. The minimum Gasteiger partial charge on any atom is -0.381 e. The van der Waals surface area contributed by atoms with E-state index < -0.39 is 11.6 Å². The van der Waals surface area contributed by atoms with E-state index in [1.807, 2.05) is 48.0 Å². The van der Waals surface area contributed by atoms with Crippen molar-refractivity contribution in [2.24, 2.45) is 0 Å². The lowest BCUT2D eigenvalue weighted by Gasteiger charge is -2.40. The molecule has 172 valence electrons. The third-order valence-corrected chi connectivity index (χ3v) is 6.46. The molecule has 2 aliphatic heterocycles. The number of aromatic nitrogens is 2. The van der Waals surface area contributed by atoms with Crippen LogP contribution in [0.3, 0.4) is 0 Å². The number of ether oxygens (including phenoxy) is 2. The fraction of sp³-hybridized carbons (Fsp3) is 0.542. The highest BCUT2D eigenvalue weighted by atomic mass is 16.5. The van der Waals surface area contributed by atoms with E-state index in [9.17, 15) is 9.59 Å². The number of hydrogen-bond donors (Lipinski definition) is 1. The van der Waals surface area contributed by atoms with Gasteiger partial charge in [-0.3, -0.25) is 9.59 Å². The minimum absolute atomic E-state index is 0.0627. The number of imidazole rings is 1. The fourth-order valence-corrected chi connectivity index (χ4v) is 4.51. The molecule has 8 nitrogen and oxygen atoms in total. The SMILES string of the molecule is Cc1nccn1CCCC(=O)N1CCOC(C(=O)NC2(c3ccccc3)CCOCC2)C1. The monoisotopic (exact) mass is 440 g/mol. The summed E-state index contributed by atoms with van der Waals surface area (Å²) in [6.07, 6.45) is 5.64. The Morgan fingerprint density at radius 2 is 1.97 bits per heavy atom. The van der Waals surface area contributed by atoms with Crippen LogP contribution in [0.1, 0.15) is 37.1 Å². The molecule has 1 aromatic heterocycles. The van der Waals surface area contributed by atoms with E-state index in [0.717, 1.165) is 24.4 Å². The van der Waals surface area contributed by atoms with Gasteiger partial charge < -0.3 is 24.3 Å². The quantitative estimate of drug-likeness (QED) is 0.712. The Hall–Kier alpha value is -2.71. The van der Waals surface area contributed by atoms with Gasteiger partial charge in [-0.05, 0) is 31.7 Å². The second-order valence-electron chi connectivity index (χ2n) is 8.52. The number of hydrogen-bond acceptors (Lipinski definition) is 5. The summed E-state index contributed by atoms with van der Waals surface area (Å²) in [5.41, 5.74) is 0.615. The van der Waals surface area contributed by atoms with Crippen molar-refractivity contribution in [1.82, 2.24) is 19.8 Å². The van der Waals surface area contributed by atoms with Crippen molar-refractivity contribution in [3.63, 3.8) is 0 Å². The van der Waals surface area contributed by atoms with E-state index >= 15 is 0 Å². The van der Waals surface area contributed by atoms with E-state index in [0.29, 0.717) is 45.6 Å². The summed E-state index contributed by atoms with van der Waals surface area (Å²) < 4.78 is 13.4. The molecule has 2 aliphatic rings. The Bertz CT molecular complexity index is 908. The van der Waals surface area contributed by atoms with Crippen molar-refractivity contribution >= 4 is 11.8 Å². The zero-order valence-electron chi connectivity index (χ0n) is 18.7. The normalized spacial score (nSPS) is 20.7. The predicted octanol–water partition coefficient (Wildman–Crippen LogP) is 2.02. The van der Waals surface area contributed by atoms with Crippen LogP contribution in [0.25, 0.3) is 0 Å². The maximum absolute atomic E-state index is 13.2. The van der Waals surface area contributed by atoms with Gasteiger partial charge in [0.1, 0.15) is 5.82 Å². The van der Waals surface area contributed by atoms with Gasteiger partial charge in [0.05, 0.1) is 18.7 Å². The Morgan fingerprint density at radius 3 is 2.69 bits per heavy atom. The lowest BCUT2D eigenvalue weighted by Crippen LogP contribution is -2.57. The van der Waals surface area contributed by atoms with Gasteiger partial charge in [0.2, 0.25) is 5.91 Å². The number of nitrogens with one attached hydrogen (secondary N) is 1. The largest absolute Gasteiger partial charge is 0.381 e. The zero-order valence-corrected chi connectivity index (χ0v) is 18.7. The first-order valence-electron chi connectivity index (χ1n) is 11.4. The third kappa shape index (κ3) is 5.19. The van der Waals surface area contributed by atoms with Gasteiger partial charge in [-0.1, -0.05) is 30.3 Å². The Balaban J connectivity index is 1.34. The highest BCUT2D eigenvalue weighted by Crippen LogP contribution is 2.32. The number of aryl methyl sites for hydroxylation is 2. The van der Waals surface area contributed by atoms with Crippen LogP contribution in [0.4, 0.5) is 0 Å². The number of nitrogens with zero attached hydrogens (tertiary/aromatic N) is 3. The lowest BCUT2D eigenvalue weighted by molar-refractivity contribution is -0.149. The molecule has 3 heterocycles. The number of carbonyl (C=O) groups is 2. The second kappa shape index (κ2) is 10.3. The van der Waals surface area contributed by atoms with Crippen molar-refractivity contribution in [3.8, 4) is 0 Å². The van der Waals surface area contributed by atoms with Gasteiger partial charge in [-0.2, -0.15) is 0 Å². The molecule has 4 rings (SSSR count). The number of morpholine rings is 1. The summed E-state index contributed by atoms with van der Waals surface area (Å²) in [5, 5.41) is 3.25. The van der Waals surface area contributed by atoms with E-state index in [1.165, 1.54) is 0 Å². The second-order valence-corrected chi connectivity index (χ2v) is 8.52. The fourth-order valence-electron chi connectivity index (χ4n) is 4.51. The topological polar surface area (TPSA) is 85.7 Å². The first-order valence-corrected chi connectivity index (χ1v) is 11.4. The average molecular weight is 441 g/mol. The van der Waals surface area contributed by atoms with Gasteiger partial charge in [0.15, 0.2) is 6.10 Å². The summed E-state index contributed by atoms with van der Waals surface area (Å²) in [4.78, 5) is 31.9. The molecule has 1 unspecified atom stereocenters. The Kier molecular flexibility index (Phi) is 7.22. The van der Waals surface area contributed by atoms with Gasteiger partial charge in [0, 0.05) is 45.1 Å². The van der Waals surface area contributed by atoms with Crippen LogP contribution in [0.15, 0.2) is 42.7 Å². The van der Waals surface area contributed by atoms with Crippen LogP contribution in [-0.4, -0.2) is 65.3 Å². The van der Waals surface area contributed by atoms with E-state index in [1.54, 1.807) is 11.1 Å². The van der Waals surface area contributed by atoms with E-state index in [4.69, 9.17) is 9.47 Å². The molecule has 2 aromatic rings. The highest BCUT2D eigenvalue weighted by Gasteiger charge is 2.39. The molecule has 1 aromatic carbocycles. The molecule has 0 bridgehead atoms. The predicted molar refractivity (Wildman–Crippen MR) is 119 cm³/mol. The molecule has 0 spiro atoms. The average Bonchev–Trinajstić information content (AvgIpc) is 3.25. The molecule has 2 amide bonds. The molecule has 32 heavy (non-hydrogen) atoms. The Labute approximate surface area is 188 Å². The van der Waals surface area contributed by atoms with E-state index in [2.05, 4.69) is 10.3 Å². The molecule has 1 atom stereocenters. The summed E-state index contributed by atoms with van der Waals surface area (Å²) >= 11 is 0. The summed E-state index contributed by atoms with van der Waals surface area (Å²) in [6, 6.07) is 10.0. The molecule has 2 fully saturated rings. The molecule has 2 saturated heterocycles. The van der Waals surface area contributed by atoms with Crippen molar-refractivity contribution in [1.29, 1.82) is 0 Å². The van der Waals surface area contributed by atoms with Crippen LogP contribution in [-0.2, 0) is 31.1 Å². The molecule has 8 heteroatoms. The third-order valence-electron chi connectivity index (χ3n) is 6.46. The number of rotatable bonds is 7. The van der Waals surface area contributed by atoms with Crippen LogP contribution in [0.5, 0.6) is 0 Å².